The molecule has 6 rings (SSSR count). The van der Waals surface area contributed by atoms with Crippen LogP contribution in [0.3, 0.4) is 0 Å². The first kappa shape index (κ1) is 17.6. The number of rotatable bonds is 2. The molecule has 5 heterocycles. The summed E-state index contributed by atoms with van der Waals surface area (Å²) in [5, 5.41) is 5.06. The topological polar surface area (TPSA) is 64.7 Å². The molecular weight excluding hydrogens is 374 g/mol. The Morgan fingerprint density at radius 1 is 1.07 bits per heavy atom. The van der Waals surface area contributed by atoms with Gasteiger partial charge in [-0.25, -0.2) is 9.97 Å². The van der Waals surface area contributed by atoms with E-state index < -0.39 is 0 Å². The standard InChI is InChI=1S/C24H23N5O/c1-14-25-12-16(13-26-14)15-7-8-29(23(30)9-15)18-4-5-19-21(11-18)28(2)22-10-17-3-6-20(27-17)24(19)22/h4-5,7-9,11-13,17,20,27H,3,6,10H2,1-2H3. The van der Waals surface area contributed by atoms with E-state index in [-0.39, 0.29) is 5.56 Å². The Hall–Kier alpha value is -3.25. The Kier molecular flexibility index (Phi) is 3.74. The maximum absolute atomic E-state index is 12.9. The van der Waals surface area contributed by atoms with Gasteiger partial charge in [-0.05, 0) is 49.1 Å². The molecule has 6 nitrogen and oxygen atoms in total. The molecular formula is C24H23N5O. The van der Waals surface area contributed by atoms with Crippen molar-refractivity contribution < 1.29 is 0 Å². The Labute approximate surface area is 174 Å². The quantitative estimate of drug-likeness (QED) is 0.563. The molecule has 1 aromatic carbocycles. The Balaban J connectivity index is 1.44. The minimum absolute atomic E-state index is 0.0629. The Morgan fingerprint density at radius 3 is 2.70 bits per heavy atom. The third kappa shape index (κ3) is 2.57. The van der Waals surface area contributed by atoms with Crippen molar-refractivity contribution in [1.82, 2.24) is 24.4 Å². The van der Waals surface area contributed by atoms with Gasteiger partial charge in [-0.3, -0.25) is 9.36 Å². The van der Waals surface area contributed by atoms with Crippen LogP contribution >= 0.6 is 0 Å². The van der Waals surface area contributed by atoms with Crippen LogP contribution in [0.5, 0.6) is 0 Å². The molecule has 30 heavy (non-hydrogen) atoms. The van der Waals surface area contributed by atoms with Gasteiger partial charge in [0, 0.05) is 66.9 Å². The Bertz CT molecular complexity index is 1350. The number of nitrogens with one attached hydrogen (secondary N) is 1. The lowest BCUT2D eigenvalue weighted by Crippen LogP contribution is -2.32. The molecule has 0 amide bonds. The predicted molar refractivity (Wildman–Crippen MR) is 117 cm³/mol. The summed E-state index contributed by atoms with van der Waals surface area (Å²) < 4.78 is 4.03. The lowest BCUT2D eigenvalue weighted by molar-refractivity contribution is 0.504. The van der Waals surface area contributed by atoms with Gasteiger partial charge in [0.1, 0.15) is 5.82 Å². The molecule has 0 aliphatic carbocycles. The van der Waals surface area contributed by atoms with Crippen LogP contribution in [0.1, 0.15) is 36.0 Å². The zero-order valence-electron chi connectivity index (χ0n) is 17.1. The second-order valence-electron chi connectivity index (χ2n) is 8.46. The van der Waals surface area contributed by atoms with Crippen LogP contribution in [-0.2, 0) is 13.5 Å². The van der Waals surface area contributed by atoms with Crippen LogP contribution in [0.25, 0.3) is 27.7 Å². The fourth-order valence-electron chi connectivity index (χ4n) is 5.15. The minimum atomic E-state index is -0.0629. The maximum atomic E-state index is 12.9. The number of pyridine rings is 1. The minimum Gasteiger partial charge on any atom is -0.347 e. The summed E-state index contributed by atoms with van der Waals surface area (Å²) in [5.41, 5.74) is 6.58. The largest absolute Gasteiger partial charge is 0.347 e. The average Bonchev–Trinajstić information content (AvgIpc) is 3.27. The lowest BCUT2D eigenvalue weighted by Gasteiger charge is -2.23. The van der Waals surface area contributed by atoms with Crippen LogP contribution < -0.4 is 10.9 Å². The van der Waals surface area contributed by atoms with E-state index in [1.807, 2.05) is 19.2 Å². The number of nitrogens with zero attached hydrogens (tertiary/aromatic N) is 4. The van der Waals surface area contributed by atoms with Crippen molar-refractivity contribution >= 4 is 10.9 Å². The van der Waals surface area contributed by atoms with Crippen LogP contribution in [0.2, 0.25) is 0 Å². The van der Waals surface area contributed by atoms with E-state index in [9.17, 15) is 4.79 Å². The monoisotopic (exact) mass is 397 g/mol. The van der Waals surface area contributed by atoms with Crippen molar-refractivity contribution in [3.8, 4) is 16.8 Å². The number of aromatic nitrogens is 4. The van der Waals surface area contributed by atoms with Crippen molar-refractivity contribution in [1.29, 1.82) is 0 Å². The summed E-state index contributed by atoms with van der Waals surface area (Å²) in [6, 6.07) is 11.0. The lowest BCUT2D eigenvalue weighted by atomic mass is 9.99. The van der Waals surface area contributed by atoms with Crippen molar-refractivity contribution in [2.45, 2.75) is 38.3 Å². The molecule has 1 fully saturated rings. The molecule has 2 unspecified atom stereocenters. The first-order valence-corrected chi connectivity index (χ1v) is 10.5. The van der Waals surface area contributed by atoms with Gasteiger partial charge in [0.05, 0.1) is 11.2 Å². The first-order valence-electron chi connectivity index (χ1n) is 10.5. The van der Waals surface area contributed by atoms with E-state index in [4.69, 9.17) is 0 Å². The van der Waals surface area contributed by atoms with Gasteiger partial charge < -0.3 is 9.88 Å². The Morgan fingerprint density at radius 2 is 1.90 bits per heavy atom. The predicted octanol–water partition coefficient (Wildman–Crippen LogP) is 3.44. The van der Waals surface area contributed by atoms with Crippen LogP contribution in [0.4, 0.5) is 0 Å². The average molecular weight is 397 g/mol. The molecule has 4 aromatic rings. The number of aryl methyl sites for hydroxylation is 2. The van der Waals surface area contributed by atoms with Crippen molar-refractivity contribution in [2.24, 2.45) is 7.05 Å². The van der Waals surface area contributed by atoms with E-state index in [0.29, 0.717) is 17.9 Å². The highest BCUT2D eigenvalue weighted by Gasteiger charge is 2.35. The third-order valence-corrected chi connectivity index (χ3v) is 6.69. The summed E-state index contributed by atoms with van der Waals surface area (Å²) in [7, 11) is 2.15. The molecule has 2 aliphatic rings. The van der Waals surface area contributed by atoms with E-state index in [1.54, 1.807) is 23.0 Å². The van der Waals surface area contributed by atoms with Gasteiger partial charge in [0.2, 0.25) is 0 Å². The molecule has 2 atom stereocenters. The van der Waals surface area contributed by atoms with Crippen LogP contribution in [-0.4, -0.2) is 25.1 Å². The van der Waals surface area contributed by atoms with E-state index in [2.05, 4.69) is 45.1 Å². The molecule has 0 radical (unpaired) electrons. The van der Waals surface area contributed by atoms with Gasteiger partial charge in [-0.15, -0.1) is 0 Å². The zero-order valence-corrected chi connectivity index (χ0v) is 17.1. The fraction of sp³-hybridized carbons (Fsp3) is 0.292. The number of fused-ring (bicyclic) bond motifs is 6. The number of hydrogen-bond donors (Lipinski definition) is 1. The summed E-state index contributed by atoms with van der Waals surface area (Å²) in [5.74, 6) is 0.717. The molecule has 0 saturated carbocycles. The highest BCUT2D eigenvalue weighted by molar-refractivity contribution is 5.88. The van der Waals surface area contributed by atoms with Crippen molar-refractivity contribution in [2.75, 3.05) is 0 Å². The number of hydrogen-bond acceptors (Lipinski definition) is 4. The highest BCUT2D eigenvalue weighted by Crippen LogP contribution is 2.41. The SMILES string of the molecule is Cc1ncc(-c2ccn(-c3ccc4c5c(n(C)c4c3)CC3CCC5N3)c(=O)c2)cn1. The molecule has 6 heteroatoms. The first-order chi connectivity index (χ1) is 14.6. The molecule has 1 N–H and O–H groups in total. The van der Waals surface area contributed by atoms with Crippen molar-refractivity contribution in [3.63, 3.8) is 0 Å². The molecule has 3 aromatic heterocycles. The highest BCUT2D eigenvalue weighted by atomic mass is 16.1. The fourth-order valence-corrected chi connectivity index (χ4v) is 5.15. The smallest absolute Gasteiger partial charge is 0.255 e. The maximum Gasteiger partial charge on any atom is 0.255 e. The zero-order chi connectivity index (χ0) is 20.4. The van der Waals surface area contributed by atoms with Gasteiger partial charge in [-0.2, -0.15) is 0 Å². The van der Waals surface area contributed by atoms with Crippen LogP contribution in [0, 0.1) is 6.92 Å². The molecule has 0 spiro atoms. The second-order valence-corrected chi connectivity index (χ2v) is 8.46. The molecule has 1 saturated heterocycles. The molecule has 2 bridgehead atoms. The summed E-state index contributed by atoms with van der Waals surface area (Å²) in [6.45, 7) is 1.85. The van der Waals surface area contributed by atoms with E-state index in [1.165, 1.54) is 35.0 Å². The van der Waals surface area contributed by atoms with E-state index in [0.717, 1.165) is 23.2 Å². The van der Waals surface area contributed by atoms with Gasteiger partial charge >= 0.3 is 0 Å². The van der Waals surface area contributed by atoms with E-state index >= 15 is 0 Å². The summed E-state index contributed by atoms with van der Waals surface area (Å²) in [4.78, 5) is 21.4. The number of benzene rings is 1. The summed E-state index contributed by atoms with van der Waals surface area (Å²) in [6.07, 6.45) is 8.90. The molecule has 150 valence electrons. The van der Waals surface area contributed by atoms with Gasteiger partial charge in [-0.1, -0.05) is 6.07 Å². The summed E-state index contributed by atoms with van der Waals surface area (Å²) >= 11 is 0. The van der Waals surface area contributed by atoms with Gasteiger partial charge in [0.25, 0.3) is 5.56 Å². The van der Waals surface area contributed by atoms with Crippen LogP contribution in [0.15, 0.2) is 53.7 Å². The van der Waals surface area contributed by atoms with Crippen molar-refractivity contribution in [3.05, 3.63) is 76.4 Å². The normalized spacial score (nSPS) is 19.9. The molecule has 2 aliphatic heterocycles. The second kappa shape index (κ2) is 6.37. The third-order valence-electron chi connectivity index (χ3n) is 6.69. The van der Waals surface area contributed by atoms with Gasteiger partial charge in [0.15, 0.2) is 0 Å².